The van der Waals surface area contributed by atoms with E-state index in [-0.39, 0.29) is 0 Å². The Morgan fingerprint density at radius 2 is 2.35 bits per heavy atom. The molecule has 0 radical (unpaired) electrons. The molecule has 0 spiro atoms. The third-order valence-electron chi connectivity index (χ3n) is 3.55. The molecule has 1 aromatic carbocycles. The Labute approximate surface area is 101 Å². The number of fused-ring (bicyclic) bond motifs is 1. The predicted octanol–water partition coefficient (Wildman–Crippen LogP) is 1.66. The van der Waals surface area contributed by atoms with E-state index >= 15 is 0 Å². The van der Waals surface area contributed by atoms with Gasteiger partial charge in [-0.3, -0.25) is 0 Å². The number of nitrogens with zero attached hydrogens (tertiary/aromatic N) is 2. The Hall–Kier alpha value is -1.55. The molecule has 2 heterocycles. The molecule has 1 saturated heterocycles. The van der Waals surface area contributed by atoms with Gasteiger partial charge in [-0.25, -0.2) is 4.98 Å². The van der Waals surface area contributed by atoms with Crippen LogP contribution in [0.1, 0.15) is 18.2 Å². The smallest absolute Gasteiger partial charge is 0.121 e. The highest BCUT2D eigenvalue weighted by Gasteiger charge is 2.22. The summed E-state index contributed by atoms with van der Waals surface area (Å²) in [6.45, 7) is 2.13. The van der Waals surface area contributed by atoms with Crippen molar-refractivity contribution in [1.82, 2.24) is 14.9 Å². The lowest BCUT2D eigenvalue weighted by Gasteiger charge is -2.07. The molecular formula is C13H17N3O. The molecule has 1 aromatic heterocycles. The van der Waals surface area contributed by atoms with E-state index in [1.165, 1.54) is 17.8 Å². The van der Waals surface area contributed by atoms with Gasteiger partial charge in [-0.05, 0) is 25.1 Å². The zero-order chi connectivity index (χ0) is 11.8. The van der Waals surface area contributed by atoms with Gasteiger partial charge in [-0.2, -0.15) is 0 Å². The van der Waals surface area contributed by atoms with Crippen LogP contribution in [0.5, 0.6) is 5.75 Å². The highest BCUT2D eigenvalue weighted by atomic mass is 16.5. The van der Waals surface area contributed by atoms with E-state index in [0.29, 0.717) is 5.92 Å². The predicted molar refractivity (Wildman–Crippen MR) is 67.5 cm³/mol. The van der Waals surface area contributed by atoms with Gasteiger partial charge < -0.3 is 14.6 Å². The molecule has 3 rings (SSSR count). The van der Waals surface area contributed by atoms with Gasteiger partial charge in [0.05, 0.1) is 18.1 Å². The Morgan fingerprint density at radius 3 is 3.06 bits per heavy atom. The number of hydrogen-bond donors (Lipinski definition) is 1. The van der Waals surface area contributed by atoms with E-state index in [1.54, 1.807) is 7.11 Å². The SMILES string of the molecule is COc1ccc2c(c1)nc(C1CCNC1)n2C. The summed E-state index contributed by atoms with van der Waals surface area (Å²) < 4.78 is 7.44. The molecule has 90 valence electrons. The zero-order valence-electron chi connectivity index (χ0n) is 10.2. The van der Waals surface area contributed by atoms with E-state index in [4.69, 9.17) is 9.72 Å². The molecule has 17 heavy (non-hydrogen) atoms. The minimum Gasteiger partial charge on any atom is -0.497 e. The van der Waals surface area contributed by atoms with E-state index in [9.17, 15) is 0 Å². The lowest BCUT2D eigenvalue weighted by atomic mass is 10.1. The van der Waals surface area contributed by atoms with Crippen LogP contribution in [-0.2, 0) is 7.05 Å². The summed E-state index contributed by atoms with van der Waals surface area (Å²) in [6.07, 6.45) is 1.17. The lowest BCUT2D eigenvalue weighted by Crippen LogP contribution is -2.11. The third kappa shape index (κ3) is 1.69. The highest BCUT2D eigenvalue weighted by molar-refractivity contribution is 5.77. The summed E-state index contributed by atoms with van der Waals surface area (Å²) in [5.74, 6) is 2.59. The molecular weight excluding hydrogens is 214 g/mol. The van der Waals surface area contributed by atoms with Gasteiger partial charge in [0.2, 0.25) is 0 Å². The standard InChI is InChI=1S/C13H17N3O/c1-16-12-4-3-10(17-2)7-11(12)15-13(16)9-5-6-14-8-9/h3-4,7,9,14H,5-6,8H2,1-2H3. The second-order valence-corrected chi connectivity index (χ2v) is 4.57. The van der Waals surface area contributed by atoms with Crippen molar-refractivity contribution in [3.63, 3.8) is 0 Å². The molecule has 4 nitrogen and oxygen atoms in total. The van der Waals surface area contributed by atoms with Crippen molar-refractivity contribution in [1.29, 1.82) is 0 Å². The van der Waals surface area contributed by atoms with Gasteiger partial charge in [-0.15, -0.1) is 0 Å². The monoisotopic (exact) mass is 231 g/mol. The minimum absolute atomic E-state index is 0.540. The summed E-state index contributed by atoms with van der Waals surface area (Å²) >= 11 is 0. The van der Waals surface area contributed by atoms with Crippen LogP contribution in [0.15, 0.2) is 18.2 Å². The van der Waals surface area contributed by atoms with Gasteiger partial charge in [0.25, 0.3) is 0 Å². The number of hydrogen-bond acceptors (Lipinski definition) is 3. The van der Waals surface area contributed by atoms with Crippen molar-refractivity contribution < 1.29 is 4.74 Å². The van der Waals surface area contributed by atoms with Gasteiger partial charge in [0, 0.05) is 25.6 Å². The summed E-state index contributed by atoms with van der Waals surface area (Å²) in [4.78, 5) is 4.75. The molecule has 1 unspecified atom stereocenters. The molecule has 0 bridgehead atoms. The second-order valence-electron chi connectivity index (χ2n) is 4.57. The summed E-state index contributed by atoms with van der Waals surface area (Å²) in [5, 5.41) is 3.39. The average molecular weight is 231 g/mol. The number of aryl methyl sites for hydroxylation is 1. The zero-order valence-corrected chi connectivity index (χ0v) is 10.2. The molecule has 0 saturated carbocycles. The Kier molecular flexibility index (Phi) is 2.52. The maximum absolute atomic E-state index is 5.24. The van der Waals surface area contributed by atoms with Gasteiger partial charge in [0.15, 0.2) is 0 Å². The Morgan fingerprint density at radius 1 is 1.47 bits per heavy atom. The quantitative estimate of drug-likeness (QED) is 0.854. The molecule has 1 fully saturated rings. The van der Waals surface area contributed by atoms with Crippen LogP contribution in [-0.4, -0.2) is 29.8 Å². The van der Waals surface area contributed by atoms with Crippen molar-refractivity contribution in [3.05, 3.63) is 24.0 Å². The topological polar surface area (TPSA) is 39.1 Å². The van der Waals surface area contributed by atoms with Crippen molar-refractivity contribution >= 4 is 11.0 Å². The fourth-order valence-corrected chi connectivity index (χ4v) is 2.57. The van der Waals surface area contributed by atoms with Crippen molar-refractivity contribution in [2.24, 2.45) is 7.05 Å². The van der Waals surface area contributed by atoms with Crippen LogP contribution in [0.4, 0.5) is 0 Å². The van der Waals surface area contributed by atoms with Gasteiger partial charge in [0.1, 0.15) is 11.6 Å². The molecule has 1 aliphatic heterocycles. The number of benzene rings is 1. The number of ether oxygens (including phenoxy) is 1. The molecule has 1 aliphatic rings. The van der Waals surface area contributed by atoms with Crippen LogP contribution in [0, 0.1) is 0 Å². The first-order chi connectivity index (χ1) is 8.29. The van der Waals surface area contributed by atoms with Gasteiger partial charge >= 0.3 is 0 Å². The van der Waals surface area contributed by atoms with Crippen LogP contribution < -0.4 is 10.1 Å². The average Bonchev–Trinajstić information content (AvgIpc) is 2.97. The fraction of sp³-hybridized carbons (Fsp3) is 0.462. The first-order valence-electron chi connectivity index (χ1n) is 6.00. The Bertz CT molecular complexity index is 541. The number of methoxy groups -OCH3 is 1. The normalized spacial score (nSPS) is 20.0. The number of imidazole rings is 1. The van der Waals surface area contributed by atoms with Crippen LogP contribution in [0.3, 0.4) is 0 Å². The van der Waals surface area contributed by atoms with E-state index in [1.807, 2.05) is 12.1 Å². The van der Waals surface area contributed by atoms with E-state index in [0.717, 1.165) is 24.4 Å². The third-order valence-corrected chi connectivity index (χ3v) is 3.55. The first kappa shape index (κ1) is 10.6. The highest BCUT2D eigenvalue weighted by Crippen LogP contribution is 2.27. The van der Waals surface area contributed by atoms with E-state index < -0.39 is 0 Å². The molecule has 1 atom stereocenters. The van der Waals surface area contributed by atoms with E-state index in [2.05, 4.69) is 23.0 Å². The molecule has 0 aliphatic carbocycles. The molecule has 1 N–H and O–H groups in total. The number of nitrogens with one attached hydrogen (secondary N) is 1. The Balaban J connectivity index is 2.10. The van der Waals surface area contributed by atoms with Crippen molar-refractivity contribution in [2.45, 2.75) is 12.3 Å². The first-order valence-corrected chi connectivity index (χ1v) is 6.00. The second kappa shape index (κ2) is 4.04. The number of rotatable bonds is 2. The van der Waals surface area contributed by atoms with Crippen LogP contribution in [0.25, 0.3) is 11.0 Å². The number of aromatic nitrogens is 2. The summed E-state index contributed by atoms with van der Waals surface area (Å²) in [6, 6.07) is 6.06. The lowest BCUT2D eigenvalue weighted by molar-refractivity contribution is 0.415. The maximum Gasteiger partial charge on any atom is 0.121 e. The van der Waals surface area contributed by atoms with Crippen LogP contribution >= 0.6 is 0 Å². The molecule has 2 aromatic rings. The fourth-order valence-electron chi connectivity index (χ4n) is 2.57. The minimum atomic E-state index is 0.540. The largest absolute Gasteiger partial charge is 0.497 e. The van der Waals surface area contributed by atoms with Crippen molar-refractivity contribution in [3.8, 4) is 5.75 Å². The molecule has 4 heteroatoms. The van der Waals surface area contributed by atoms with Gasteiger partial charge in [-0.1, -0.05) is 0 Å². The summed E-state index contributed by atoms with van der Waals surface area (Å²) in [7, 11) is 3.78. The molecule has 0 amide bonds. The van der Waals surface area contributed by atoms with Crippen LogP contribution in [0.2, 0.25) is 0 Å². The summed E-state index contributed by atoms with van der Waals surface area (Å²) in [5.41, 5.74) is 2.20. The van der Waals surface area contributed by atoms with Crippen molar-refractivity contribution in [2.75, 3.05) is 20.2 Å². The maximum atomic E-state index is 5.24.